The fraction of sp³-hybridized carbons (Fsp3) is 0.333. The molecular weight excluding hydrogens is 421 g/mol. The molecular formula is C15H16Br2ClNS. The predicted octanol–water partition coefficient (Wildman–Crippen LogP) is 6.24. The average Bonchev–Trinajstić information content (AvgIpc) is 2.70. The zero-order chi connectivity index (χ0) is 14.9. The SMILES string of the molecule is CCNC(c1cc(C)c(C)cc1Cl)c1cc(Br)sc1Br. The Bertz CT molecular complexity index is 625. The van der Waals surface area contributed by atoms with Crippen LogP contribution in [0, 0.1) is 13.8 Å². The molecule has 1 N–H and O–H groups in total. The van der Waals surface area contributed by atoms with E-state index in [4.69, 9.17) is 11.6 Å². The molecule has 108 valence electrons. The molecule has 0 fully saturated rings. The van der Waals surface area contributed by atoms with E-state index in [2.05, 4.69) is 70.1 Å². The highest BCUT2D eigenvalue weighted by Gasteiger charge is 2.21. The molecule has 0 amide bonds. The summed E-state index contributed by atoms with van der Waals surface area (Å²) in [5, 5.41) is 4.34. The van der Waals surface area contributed by atoms with Crippen LogP contribution in [0.1, 0.15) is 35.2 Å². The molecule has 2 rings (SSSR count). The van der Waals surface area contributed by atoms with E-state index in [1.54, 1.807) is 11.3 Å². The number of nitrogens with one attached hydrogen (secondary N) is 1. The van der Waals surface area contributed by atoms with Crippen LogP contribution in [0.3, 0.4) is 0 Å². The smallest absolute Gasteiger partial charge is 0.0761 e. The van der Waals surface area contributed by atoms with Crippen molar-refractivity contribution < 1.29 is 0 Å². The number of hydrogen-bond donors (Lipinski definition) is 1. The van der Waals surface area contributed by atoms with Crippen LogP contribution in [0.4, 0.5) is 0 Å². The minimum absolute atomic E-state index is 0.101. The van der Waals surface area contributed by atoms with Crippen LogP contribution in [0.2, 0.25) is 5.02 Å². The first-order valence-corrected chi connectivity index (χ1v) is 9.16. The first kappa shape index (κ1) is 16.5. The van der Waals surface area contributed by atoms with Crippen LogP contribution in [0.15, 0.2) is 25.8 Å². The van der Waals surface area contributed by atoms with E-state index in [0.717, 1.165) is 24.7 Å². The molecule has 1 heterocycles. The van der Waals surface area contributed by atoms with Crippen molar-refractivity contribution in [2.24, 2.45) is 0 Å². The van der Waals surface area contributed by atoms with Crippen LogP contribution in [-0.4, -0.2) is 6.54 Å². The summed E-state index contributed by atoms with van der Waals surface area (Å²) in [4.78, 5) is 0. The van der Waals surface area contributed by atoms with Crippen LogP contribution >= 0.6 is 54.8 Å². The molecule has 20 heavy (non-hydrogen) atoms. The molecule has 0 radical (unpaired) electrons. The Kier molecular flexibility index (Phi) is 5.71. The lowest BCUT2D eigenvalue weighted by molar-refractivity contribution is 0.630. The van der Waals surface area contributed by atoms with Crippen molar-refractivity contribution in [2.75, 3.05) is 6.54 Å². The number of halogens is 3. The molecule has 0 saturated heterocycles. The zero-order valence-electron chi connectivity index (χ0n) is 11.6. The van der Waals surface area contributed by atoms with Crippen molar-refractivity contribution in [2.45, 2.75) is 26.8 Å². The Morgan fingerprint density at radius 2 is 1.80 bits per heavy atom. The molecule has 5 heteroatoms. The molecule has 0 aliphatic heterocycles. The van der Waals surface area contributed by atoms with Crippen molar-refractivity contribution in [3.05, 3.63) is 53.0 Å². The summed E-state index contributed by atoms with van der Waals surface area (Å²) >= 11 is 15.4. The average molecular weight is 438 g/mol. The van der Waals surface area contributed by atoms with Gasteiger partial charge in [0.2, 0.25) is 0 Å². The Morgan fingerprint density at radius 3 is 2.35 bits per heavy atom. The maximum atomic E-state index is 6.48. The van der Waals surface area contributed by atoms with Crippen LogP contribution in [-0.2, 0) is 0 Å². The van der Waals surface area contributed by atoms with E-state index < -0.39 is 0 Å². The highest BCUT2D eigenvalue weighted by molar-refractivity contribution is 9.12. The molecule has 0 aliphatic carbocycles. The van der Waals surface area contributed by atoms with Gasteiger partial charge in [0.05, 0.1) is 13.6 Å². The third kappa shape index (κ3) is 3.47. The number of thiophene rings is 1. The first-order valence-electron chi connectivity index (χ1n) is 6.38. The van der Waals surface area contributed by atoms with E-state index in [9.17, 15) is 0 Å². The van der Waals surface area contributed by atoms with Gasteiger partial charge in [-0.25, -0.2) is 0 Å². The maximum Gasteiger partial charge on any atom is 0.0761 e. The van der Waals surface area contributed by atoms with Crippen molar-refractivity contribution in [1.82, 2.24) is 5.32 Å². The van der Waals surface area contributed by atoms with Gasteiger partial charge >= 0.3 is 0 Å². The van der Waals surface area contributed by atoms with Crippen molar-refractivity contribution in [3.63, 3.8) is 0 Å². The molecule has 1 aromatic heterocycles. The standard InChI is InChI=1S/C15H16Br2ClNS/c1-4-19-14(11-7-13(16)20-15(11)17)10-5-8(2)9(3)6-12(10)18/h5-7,14,19H,4H2,1-3H3. The summed E-state index contributed by atoms with van der Waals surface area (Å²) in [6.45, 7) is 7.20. The molecule has 1 aromatic carbocycles. The Hall–Kier alpha value is 0.130. The van der Waals surface area contributed by atoms with Gasteiger partial charge in [-0.1, -0.05) is 24.6 Å². The largest absolute Gasteiger partial charge is 0.306 e. The second-order valence-corrected chi connectivity index (χ2v) is 8.88. The van der Waals surface area contributed by atoms with Crippen molar-refractivity contribution in [3.8, 4) is 0 Å². The van der Waals surface area contributed by atoms with Gasteiger partial charge in [0, 0.05) is 5.02 Å². The summed E-state index contributed by atoms with van der Waals surface area (Å²) in [6, 6.07) is 6.48. The Balaban J connectivity index is 2.54. The number of aryl methyl sites for hydroxylation is 2. The van der Waals surface area contributed by atoms with E-state index >= 15 is 0 Å². The van der Waals surface area contributed by atoms with Crippen molar-refractivity contribution in [1.29, 1.82) is 0 Å². The molecule has 1 nitrogen and oxygen atoms in total. The second kappa shape index (κ2) is 6.93. The number of hydrogen-bond acceptors (Lipinski definition) is 2. The molecule has 0 bridgehead atoms. The molecule has 1 atom stereocenters. The fourth-order valence-corrected chi connectivity index (χ4v) is 5.40. The van der Waals surface area contributed by atoms with Gasteiger partial charge in [0.25, 0.3) is 0 Å². The lowest BCUT2D eigenvalue weighted by Gasteiger charge is -2.21. The van der Waals surface area contributed by atoms with Crippen molar-refractivity contribution >= 4 is 54.8 Å². The third-order valence-electron chi connectivity index (χ3n) is 3.33. The molecule has 1 unspecified atom stereocenters. The minimum Gasteiger partial charge on any atom is -0.306 e. The normalized spacial score (nSPS) is 12.7. The Morgan fingerprint density at radius 1 is 1.15 bits per heavy atom. The maximum absolute atomic E-state index is 6.48. The van der Waals surface area contributed by atoms with E-state index in [-0.39, 0.29) is 6.04 Å². The topological polar surface area (TPSA) is 12.0 Å². The summed E-state index contributed by atoms with van der Waals surface area (Å²) in [6.07, 6.45) is 0. The second-order valence-electron chi connectivity index (χ2n) is 4.73. The van der Waals surface area contributed by atoms with E-state index in [1.165, 1.54) is 16.7 Å². The highest BCUT2D eigenvalue weighted by atomic mass is 79.9. The van der Waals surface area contributed by atoms with Crippen LogP contribution in [0.25, 0.3) is 0 Å². The van der Waals surface area contributed by atoms with Gasteiger partial charge in [-0.2, -0.15) is 0 Å². The van der Waals surface area contributed by atoms with Crippen LogP contribution < -0.4 is 5.32 Å². The van der Waals surface area contributed by atoms with Gasteiger partial charge < -0.3 is 5.32 Å². The predicted molar refractivity (Wildman–Crippen MR) is 96.2 cm³/mol. The van der Waals surface area contributed by atoms with Gasteiger partial charge in [-0.05, 0) is 86.6 Å². The lowest BCUT2D eigenvalue weighted by Crippen LogP contribution is -2.22. The lowest BCUT2D eigenvalue weighted by atomic mass is 9.97. The van der Waals surface area contributed by atoms with Gasteiger partial charge in [0.1, 0.15) is 0 Å². The quantitative estimate of drug-likeness (QED) is 0.597. The Labute approximate surface area is 146 Å². The number of benzene rings is 1. The summed E-state index contributed by atoms with van der Waals surface area (Å²) in [5.74, 6) is 0. The van der Waals surface area contributed by atoms with E-state index in [1.807, 2.05) is 6.07 Å². The van der Waals surface area contributed by atoms with Gasteiger partial charge in [-0.15, -0.1) is 11.3 Å². The minimum atomic E-state index is 0.101. The molecule has 2 aromatic rings. The summed E-state index contributed by atoms with van der Waals surface area (Å²) in [7, 11) is 0. The van der Waals surface area contributed by atoms with Gasteiger partial charge in [0.15, 0.2) is 0 Å². The summed E-state index contributed by atoms with van der Waals surface area (Å²) < 4.78 is 2.24. The van der Waals surface area contributed by atoms with Gasteiger partial charge in [-0.3, -0.25) is 0 Å². The highest BCUT2D eigenvalue weighted by Crippen LogP contribution is 2.40. The molecule has 0 spiro atoms. The summed E-state index contributed by atoms with van der Waals surface area (Å²) in [5.41, 5.74) is 4.83. The van der Waals surface area contributed by atoms with Crippen LogP contribution in [0.5, 0.6) is 0 Å². The first-order chi connectivity index (χ1) is 9.43. The van der Waals surface area contributed by atoms with E-state index in [0.29, 0.717) is 0 Å². The molecule has 0 aliphatic rings. The zero-order valence-corrected chi connectivity index (χ0v) is 16.3. The third-order valence-corrected chi connectivity index (χ3v) is 6.04. The fourth-order valence-electron chi connectivity index (χ4n) is 2.17. The molecule has 0 saturated carbocycles. The monoisotopic (exact) mass is 435 g/mol. The number of rotatable bonds is 4.